The second-order valence-corrected chi connectivity index (χ2v) is 0.609. The molecule has 0 aromatic rings. The Labute approximate surface area is 30.7 Å². The summed E-state index contributed by atoms with van der Waals surface area (Å²) >= 11 is 0. The van der Waals surface area contributed by atoms with Crippen molar-refractivity contribution >= 4 is 5.97 Å². The van der Waals surface area contributed by atoms with Crippen LogP contribution in [-0.2, 0) is 9.53 Å². The highest BCUT2D eigenvalue weighted by Crippen LogP contribution is 1.63. The Morgan fingerprint density at radius 2 is 2.20 bits per heavy atom. The Morgan fingerprint density at radius 1 is 2.00 bits per heavy atom. The first-order valence-electron chi connectivity index (χ1n) is 1.14. The fraction of sp³-hybridized carbons (Fsp3) is 0.333. The maximum absolute atomic E-state index is 9.47. The predicted molar refractivity (Wildman–Crippen MR) is 16.1 cm³/mol. The maximum Gasteiger partial charge on any atom is 0.303 e. The minimum absolute atomic E-state index is 0.468. The monoisotopic (exact) mass is 72.0 g/mol. The van der Waals surface area contributed by atoms with Crippen LogP contribution in [0.25, 0.3) is 0 Å². The minimum atomic E-state index is -0.468. The molecule has 2 radical (unpaired) electrons. The van der Waals surface area contributed by atoms with Gasteiger partial charge >= 0.3 is 5.97 Å². The largest absolute Gasteiger partial charge is 0.454 e. The SMILES string of the molecule is [CH]OC(C)=O. The molecule has 2 heteroatoms. The summed E-state index contributed by atoms with van der Waals surface area (Å²) < 4.78 is 3.61. The van der Waals surface area contributed by atoms with Crippen LogP contribution in [0.1, 0.15) is 6.92 Å². The number of carbonyl (C=O) groups is 1. The highest BCUT2D eigenvalue weighted by atomic mass is 16.5. The lowest BCUT2D eigenvalue weighted by Crippen LogP contribution is -1.86. The Kier molecular flexibility index (Phi) is 1.57. The maximum atomic E-state index is 9.47. The van der Waals surface area contributed by atoms with Crippen LogP contribution >= 0.6 is 0 Å². The van der Waals surface area contributed by atoms with Gasteiger partial charge in [0.2, 0.25) is 0 Å². The van der Waals surface area contributed by atoms with E-state index >= 15 is 0 Å². The number of hydrogen-bond donors (Lipinski definition) is 0. The van der Waals surface area contributed by atoms with Crippen LogP contribution in [0.5, 0.6) is 0 Å². The molecule has 2 nitrogen and oxygen atoms in total. The predicted octanol–water partition coefficient (Wildman–Crippen LogP) is 0.218. The number of ether oxygens (including phenoxy) is 1. The molecule has 0 saturated heterocycles. The molecular formula is C3H4O2. The average molecular weight is 72.1 g/mol. The number of hydrogen-bond acceptors (Lipinski definition) is 2. The van der Waals surface area contributed by atoms with Gasteiger partial charge in [-0.1, -0.05) is 0 Å². The van der Waals surface area contributed by atoms with E-state index in [-0.39, 0.29) is 0 Å². The van der Waals surface area contributed by atoms with E-state index in [9.17, 15) is 4.79 Å². The second-order valence-electron chi connectivity index (χ2n) is 0.609. The van der Waals surface area contributed by atoms with Crippen molar-refractivity contribution in [1.29, 1.82) is 0 Å². The molecule has 0 fully saturated rings. The summed E-state index contributed by atoms with van der Waals surface area (Å²) in [5.74, 6) is -0.468. The molecule has 0 atom stereocenters. The molecular weight excluding hydrogens is 68.0 g/mol. The molecule has 0 amide bonds. The summed E-state index contributed by atoms with van der Waals surface area (Å²) in [5.41, 5.74) is 0. The van der Waals surface area contributed by atoms with Gasteiger partial charge in [0, 0.05) is 6.92 Å². The molecule has 28 valence electrons. The topological polar surface area (TPSA) is 26.3 Å². The molecule has 0 aliphatic rings. The van der Waals surface area contributed by atoms with E-state index in [2.05, 4.69) is 11.8 Å². The van der Waals surface area contributed by atoms with Gasteiger partial charge in [-0.25, -0.2) is 0 Å². The van der Waals surface area contributed by atoms with Crippen LogP contribution in [0, 0.1) is 7.11 Å². The van der Waals surface area contributed by atoms with E-state index in [1.165, 1.54) is 6.92 Å². The molecule has 0 bridgehead atoms. The van der Waals surface area contributed by atoms with Gasteiger partial charge < -0.3 is 4.74 Å². The van der Waals surface area contributed by atoms with Crippen molar-refractivity contribution in [3.63, 3.8) is 0 Å². The van der Waals surface area contributed by atoms with Crippen LogP contribution in [0.15, 0.2) is 0 Å². The summed E-state index contributed by atoms with van der Waals surface area (Å²) in [5, 5.41) is 0. The van der Waals surface area contributed by atoms with E-state index in [0.717, 1.165) is 0 Å². The standard InChI is InChI=1S/C3H4O2/c1-3(4)5-2/h2H,1H3. The summed E-state index contributed by atoms with van der Waals surface area (Å²) in [7, 11) is 4.32. The van der Waals surface area contributed by atoms with Gasteiger partial charge in [-0.05, 0) is 0 Å². The van der Waals surface area contributed by atoms with Crippen molar-refractivity contribution in [1.82, 2.24) is 0 Å². The lowest BCUT2D eigenvalue weighted by Gasteiger charge is -1.79. The Bertz CT molecular complexity index is 40.2. The van der Waals surface area contributed by atoms with Gasteiger partial charge in [-0.2, -0.15) is 0 Å². The molecule has 0 rings (SSSR count). The Balaban J connectivity index is 2.85. The number of carbonyl (C=O) groups excluding carboxylic acids is 1. The Hall–Kier alpha value is -0.530. The van der Waals surface area contributed by atoms with E-state index in [1.807, 2.05) is 0 Å². The van der Waals surface area contributed by atoms with Gasteiger partial charge in [-0.3, -0.25) is 4.79 Å². The lowest BCUT2D eigenvalue weighted by molar-refractivity contribution is -0.135. The zero-order valence-electron chi connectivity index (χ0n) is 2.89. The van der Waals surface area contributed by atoms with Gasteiger partial charge in [0.25, 0.3) is 0 Å². The van der Waals surface area contributed by atoms with Gasteiger partial charge in [0.05, 0.1) is 0 Å². The molecule has 0 saturated carbocycles. The van der Waals surface area contributed by atoms with Gasteiger partial charge in [0.15, 0.2) is 7.11 Å². The van der Waals surface area contributed by atoms with Crippen molar-refractivity contribution < 1.29 is 9.53 Å². The molecule has 0 unspecified atom stereocenters. The summed E-state index contributed by atoms with van der Waals surface area (Å²) in [6.45, 7) is 1.24. The molecule has 0 N–H and O–H groups in total. The third kappa shape index (κ3) is 3.47. The zero-order valence-corrected chi connectivity index (χ0v) is 2.89. The van der Waals surface area contributed by atoms with Crippen LogP contribution in [0.3, 0.4) is 0 Å². The second kappa shape index (κ2) is 1.76. The van der Waals surface area contributed by atoms with Crippen molar-refractivity contribution in [3.8, 4) is 0 Å². The quantitative estimate of drug-likeness (QED) is 0.382. The van der Waals surface area contributed by atoms with Crippen molar-refractivity contribution in [2.24, 2.45) is 0 Å². The van der Waals surface area contributed by atoms with Crippen LogP contribution in [0.2, 0.25) is 0 Å². The third-order valence-corrected chi connectivity index (χ3v) is 0.166. The first-order chi connectivity index (χ1) is 2.27. The van der Waals surface area contributed by atoms with E-state index in [4.69, 9.17) is 0 Å². The lowest BCUT2D eigenvalue weighted by atomic mass is 10.8. The molecule has 0 spiro atoms. The van der Waals surface area contributed by atoms with Crippen molar-refractivity contribution in [3.05, 3.63) is 7.11 Å². The molecule has 0 aliphatic heterocycles. The summed E-state index contributed by atoms with van der Waals surface area (Å²) in [6.07, 6.45) is 0. The fourth-order valence-corrected chi connectivity index (χ4v) is 0. The highest BCUT2D eigenvalue weighted by Gasteiger charge is 1.76. The molecule has 0 aromatic carbocycles. The first kappa shape index (κ1) is 4.47. The van der Waals surface area contributed by atoms with Crippen molar-refractivity contribution in [2.45, 2.75) is 6.92 Å². The minimum Gasteiger partial charge on any atom is -0.454 e. The number of esters is 1. The average Bonchev–Trinajstić information content (AvgIpc) is 1.38. The molecule has 0 aromatic heterocycles. The molecule has 0 heterocycles. The van der Waals surface area contributed by atoms with Crippen LogP contribution < -0.4 is 0 Å². The fourth-order valence-electron chi connectivity index (χ4n) is 0. The van der Waals surface area contributed by atoms with E-state index < -0.39 is 5.97 Å². The van der Waals surface area contributed by atoms with E-state index in [0.29, 0.717) is 0 Å². The van der Waals surface area contributed by atoms with E-state index in [1.54, 1.807) is 0 Å². The van der Waals surface area contributed by atoms with Crippen LogP contribution in [0.4, 0.5) is 0 Å². The molecule has 0 aliphatic carbocycles. The smallest absolute Gasteiger partial charge is 0.303 e. The number of rotatable bonds is 0. The van der Waals surface area contributed by atoms with Gasteiger partial charge in [0.1, 0.15) is 0 Å². The zero-order chi connectivity index (χ0) is 4.28. The summed E-state index contributed by atoms with van der Waals surface area (Å²) in [6, 6.07) is 0. The van der Waals surface area contributed by atoms with Crippen LogP contribution in [-0.4, -0.2) is 5.97 Å². The normalized spacial score (nSPS) is 6.80. The Morgan fingerprint density at radius 3 is 2.20 bits per heavy atom. The molecule has 5 heavy (non-hydrogen) atoms. The van der Waals surface area contributed by atoms with Gasteiger partial charge in [-0.15, -0.1) is 0 Å². The van der Waals surface area contributed by atoms with Crippen molar-refractivity contribution in [2.75, 3.05) is 0 Å². The third-order valence-electron chi connectivity index (χ3n) is 0.166. The highest BCUT2D eigenvalue weighted by molar-refractivity contribution is 5.65. The first-order valence-corrected chi connectivity index (χ1v) is 1.14. The summed E-state index contributed by atoms with van der Waals surface area (Å²) in [4.78, 5) is 9.47.